The summed E-state index contributed by atoms with van der Waals surface area (Å²) in [6, 6.07) is 5.28. The quantitative estimate of drug-likeness (QED) is 0.834. The maximum absolute atomic E-state index is 12.2. The van der Waals surface area contributed by atoms with Crippen LogP contribution in [0, 0.1) is 5.41 Å². The van der Waals surface area contributed by atoms with Gasteiger partial charge in [0.1, 0.15) is 0 Å². The van der Waals surface area contributed by atoms with Gasteiger partial charge in [0, 0.05) is 44.0 Å². The first-order valence-corrected chi connectivity index (χ1v) is 7.11. The Balaban J connectivity index is 1.40. The lowest BCUT2D eigenvalue weighted by Crippen LogP contribution is -2.59. The van der Waals surface area contributed by atoms with Crippen molar-refractivity contribution >= 4 is 11.9 Å². The summed E-state index contributed by atoms with van der Waals surface area (Å²) in [5.74, 6) is 1.19. The molecule has 21 heavy (non-hydrogen) atoms. The van der Waals surface area contributed by atoms with Gasteiger partial charge in [-0.2, -0.15) is 0 Å². The van der Waals surface area contributed by atoms with Crippen LogP contribution in [0.4, 0.5) is 5.95 Å². The van der Waals surface area contributed by atoms with Crippen molar-refractivity contribution in [2.75, 3.05) is 31.1 Å². The van der Waals surface area contributed by atoms with Gasteiger partial charge in [0.25, 0.3) is 5.91 Å². The summed E-state index contributed by atoms with van der Waals surface area (Å²) in [5.41, 5.74) is 0.196. The minimum Gasteiger partial charge on any atom is -0.459 e. The molecule has 0 aliphatic carbocycles. The van der Waals surface area contributed by atoms with E-state index in [2.05, 4.69) is 14.9 Å². The summed E-state index contributed by atoms with van der Waals surface area (Å²) < 4.78 is 5.17. The fourth-order valence-electron chi connectivity index (χ4n) is 3.28. The van der Waals surface area contributed by atoms with Gasteiger partial charge < -0.3 is 14.2 Å². The molecule has 0 aromatic carbocycles. The molecule has 0 atom stereocenters. The topological polar surface area (TPSA) is 62.5 Å². The van der Waals surface area contributed by atoms with Gasteiger partial charge in [-0.15, -0.1) is 0 Å². The van der Waals surface area contributed by atoms with E-state index in [0.29, 0.717) is 5.76 Å². The predicted octanol–water partition coefficient (Wildman–Crippen LogP) is 1.42. The minimum atomic E-state index is -0.0139. The molecule has 6 heteroatoms. The Kier molecular flexibility index (Phi) is 2.70. The van der Waals surface area contributed by atoms with Gasteiger partial charge in [-0.25, -0.2) is 9.97 Å². The highest BCUT2D eigenvalue weighted by Gasteiger charge is 2.50. The molecule has 6 nitrogen and oxygen atoms in total. The van der Waals surface area contributed by atoms with Gasteiger partial charge in [0.2, 0.25) is 5.95 Å². The summed E-state index contributed by atoms with van der Waals surface area (Å²) in [5, 5.41) is 0. The monoisotopic (exact) mass is 284 g/mol. The number of likely N-dealkylation sites (tertiary alicyclic amines) is 1. The molecule has 2 aliphatic heterocycles. The number of anilines is 1. The smallest absolute Gasteiger partial charge is 0.289 e. The maximum Gasteiger partial charge on any atom is 0.289 e. The van der Waals surface area contributed by atoms with Crippen LogP contribution >= 0.6 is 0 Å². The van der Waals surface area contributed by atoms with Gasteiger partial charge in [-0.3, -0.25) is 4.79 Å². The van der Waals surface area contributed by atoms with E-state index in [1.807, 2.05) is 11.0 Å². The first kappa shape index (κ1) is 12.4. The van der Waals surface area contributed by atoms with Gasteiger partial charge in [-0.05, 0) is 24.6 Å². The third-order valence-electron chi connectivity index (χ3n) is 4.35. The van der Waals surface area contributed by atoms with Crippen molar-refractivity contribution in [2.24, 2.45) is 5.41 Å². The van der Waals surface area contributed by atoms with E-state index in [-0.39, 0.29) is 11.3 Å². The number of furan rings is 1. The second-order valence-corrected chi connectivity index (χ2v) is 5.86. The molecule has 108 valence electrons. The van der Waals surface area contributed by atoms with Crippen molar-refractivity contribution in [3.8, 4) is 0 Å². The Morgan fingerprint density at radius 2 is 2.00 bits per heavy atom. The first-order valence-electron chi connectivity index (χ1n) is 7.11. The Morgan fingerprint density at radius 1 is 1.19 bits per heavy atom. The molecular weight excluding hydrogens is 268 g/mol. The van der Waals surface area contributed by atoms with Crippen LogP contribution in [0.15, 0.2) is 41.3 Å². The Hall–Kier alpha value is -2.37. The molecule has 1 amide bonds. The van der Waals surface area contributed by atoms with E-state index in [0.717, 1.165) is 38.5 Å². The van der Waals surface area contributed by atoms with Gasteiger partial charge in [0.05, 0.1) is 6.26 Å². The van der Waals surface area contributed by atoms with Crippen LogP contribution in [-0.4, -0.2) is 47.0 Å². The fourth-order valence-corrected chi connectivity index (χ4v) is 3.28. The van der Waals surface area contributed by atoms with E-state index in [9.17, 15) is 4.79 Å². The molecule has 0 unspecified atom stereocenters. The van der Waals surface area contributed by atoms with Gasteiger partial charge in [0.15, 0.2) is 5.76 Å². The highest BCUT2D eigenvalue weighted by Crippen LogP contribution is 2.40. The summed E-state index contributed by atoms with van der Waals surface area (Å²) in [7, 11) is 0. The molecule has 2 saturated heterocycles. The van der Waals surface area contributed by atoms with E-state index in [4.69, 9.17) is 4.42 Å². The fraction of sp³-hybridized carbons (Fsp3) is 0.400. The first-order chi connectivity index (χ1) is 10.3. The molecule has 0 N–H and O–H groups in total. The standard InChI is InChI=1S/C15H16N4O2/c20-13(12-3-1-8-21-12)19-10-15(11-19)4-7-18(9-15)14-16-5-2-6-17-14/h1-3,5-6,8H,4,7,9-11H2. The van der Waals surface area contributed by atoms with Crippen LogP contribution in [0.5, 0.6) is 0 Å². The van der Waals surface area contributed by atoms with E-state index >= 15 is 0 Å². The van der Waals surface area contributed by atoms with Crippen LogP contribution < -0.4 is 4.90 Å². The highest BCUT2D eigenvalue weighted by atomic mass is 16.3. The molecule has 0 saturated carbocycles. The number of hydrogen-bond donors (Lipinski definition) is 0. The molecule has 2 aromatic heterocycles. The van der Waals surface area contributed by atoms with Crippen LogP contribution in [-0.2, 0) is 0 Å². The van der Waals surface area contributed by atoms with Crippen molar-refractivity contribution in [1.29, 1.82) is 0 Å². The van der Waals surface area contributed by atoms with Crippen molar-refractivity contribution < 1.29 is 9.21 Å². The molecule has 2 aliphatic rings. The van der Waals surface area contributed by atoms with Crippen molar-refractivity contribution in [3.63, 3.8) is 0 Å². The summed E-state index contributed by atoms with van der Waals surface area (Å²) in [6.45, 7) is 3.44. The molecule has 4 rings (SSSR count). The number of amides is 1. The second-order valence-electron chi connectivity index (χ2n) is 5.86. The maximum atomic E-state index is 12.2. The molecule has 0 bridgehead atoms. The average Bonchev–Trinajstić information content (AvgIpc) is 3.15. The molecule has 0 radical (unpaired) electrons. The predicted molar refractivity (Wildman–Crippen MR) is 75.9 cm³/mol. The summed E-state index contributed by atoms with van der Waals surface area (Å²) in [4.78, 5) is 24.8. The van der Waals surface area contributed by atoms with Crippen LogP contribution in [0.3, 0.4) is 0 Å². The average molecular weight is 284 g/mol. The SMILES string of the molecule is O=C(c1ccco1)N1CC2(CCN(c3ncccn3)C2)C1. The third kappa shape index (κ3) is 2.07. The normalized spacial score (nSPS) is 19.8. The summed E-state index contributed by atoms with van der Waals surface area (Å²) in [6.07, 6.45) is 6.14. The second kappa shape index (κ2) is 4.58. The van der Waals surface area contributed by atoms with E-state index < -0.39 is 0 Å². The summed E-state index contributed by atoms with van der Waals surface area (Å²) >= 11 is 0. The number of nitrogens with zero attached hydrogens (tertiary/aromatic N) is 4. The molecule has 1 spiro atoms. The Bertz CT molecular complexity index is 635. The number of rotatable bonds is 2. The highest BCUT2D eigenvalue weighted by molar-refractivity contribution is 5.92. The lowest BCUT2D eigenvalue weighted by Gasteiger charge is -2.47. The van der Waals surface area contributed by atoms with Crippen LogP contribution in [0.2, 0.25) is 0 Å². The Labute approximate surface area is 122 Å². The zero-order valence-electron chi connectivity index (χ0n) is 11.6. The largest absolute Gasteiger partial charge is 0.459 e. The zero-order chi connectivity index (χ0) is 14.3. The molecule has 2 fully saturated rings. The van der Waals surface area contributed by atoms with Crippen LogP contribution in [0.1, 0.15) is 17.0 Å². The van der Waals surface area contributed by atoms with Gasteiger partial charge >= 0.3 is 0 Å². The molecular formula is C15H16N4O2. The van der Waals surface area contributed by atoms with E-state index in [1.165, 1.54) is 6.26 Å². The number of carbonyl (C=O) groups is 1. The zero-order valence-corrected chi connectivity index (χ0v) is 11.6. The van der Waals surface area contributed by atoms with Crippen LogP contribution in [0.25, 0.3) is 0 Å². The minimum absolute atomic E-state index is 0.0139. The molecule has 2 aromatic rings. The third-order valence-corrected chi connectivity index (χ3v) is 4.35. The lowest BCUT2D eigenvalue weighted by molar-refractivity contribution is 0.0141. The number of hydrogen-bond acceptors (Lipinski definition) is 5. The Morgan fingerprint density at radius 3 is 2.71 bits per heavy atom. The number of carbonyl (C=O) groups excluding carboxylic acids is 1. The van der Waals surface area contributed by atoms with E-state index in [1.54, 1.807) is 24.5 Å². The van der Waals surface area contributed by atoms with Gasteiger partial charge in [-0.1, -0.05) is 0 Å². The molecule has 4 heterocycles. The van der Waals surface area contributed by atoms with Crippen molar-refractivity contribution in [3.05, 3.63) is 42.6 Å². The lowest BCUT2D eigenvalue weighted by atomic mass is 9.79. The number of aromatic nitrogens is 2. The van der Waals surface area contributed by atoms with Crippen molar-refractivity contribution in [2.45, 2.75) is 6.42 Å². The van der Waals surface area contributed by atoms with Crippen molar-refractivity contribution in [1.82, 2.24) is 14.9 Å².